The normalized spacial score (nSPS) is 16.1. The number of hydrogen-bond acceptors (Lipinski definition) is 6. The molecular formula is C21H28N6O2. The van der Waals surface area contributed by atoms with Gasteiger partial charge in [-0.1, -0.05) is 17.7 Å². The summed E-state index contributed by atoms with van der Waals surface area (Å²) in [7, 11) is 3.85. The van der Waals surface area contributed by atoms with Gasteiger partial charge in [-0.15, -0.1) is 0 Å². The van der Waals surface area contributed by atoms with Gasteiger partial charge in [0.05, 0.1) is 5.92 Å². The maximum Gasteiger partial charge on any atom is 0.227 e. The molecule has 2 aromatic rings. The van der Waals surface area contributed by atoms with Crippen molar-refractivity contribution in [2.24, 2.45) is 5.92 Å². The molecule has 1 fully saturated rings. The van der Waals surface area contributed by atoms with E-state index in [1.54, 1.807) is 4.90 Å². The van der Waals surface area contributed by atoms with Crippen molar-refractivity contribution in [2.75, 3.05) is 48.8 Å². The third-order valence-electron chi connectivity index (χ3n) is 4.85. The van der Waals surface area contributed by atoms with Crippen molar-refractivity contribution in [3.05, 3.63) is 41.7 Å². The van der Waals surface area contributed by atoms with Gasteiger partial charge in [-0.2, -0.15) is 0 Å². The lowest BCUT2D eigenvalue weighted by Crippen LogP contribution is -2.35. The van der Waals surface area contributed by atoms with Crippen molar-refractivity contribution < 1.29 is 9.59 Å². The molecule has 1 aromatic heterocycles. The molecule has 0 saturated carbocycles. The molecule has 1 aromatic carbocycles. The largest absolute Gasteiger partial charge is 0.368 e. The summed E-state index contributed by atoms with van der Waals surface area (Å²) in [5.74, 6) is 1.79. The van der Waals surface area contributed by atoms with Crippen LogP contribution in [-0.2, 0) is 9.59 Å². The zero-order chi connectivity index (χ0) is 21.0. The first-order chi connectivity index (χ1) is 13.8. The summed E-state index contributed by atoms with van der Waals surface area (Å²) in [6.07, 6.45) is 0.241. The van der Waals surface area contributed by atoms with E-state index in [1.807, 2.05) is 63.2 Å². The van der Waals surface area contributed by atoms with E-state index in [9.17, 15) is 9.59 Å². The Labute approximate surface area is 171 Å². The third-order valence-corrected chi connectivity index (χ3v) is 4.85. The lowest BCUT2D eigenvalue weighted by atomic mass is 10.1. The molecule has 0 radical (unpaired) electrons. The van der Waals surface area contributed by atoms with Gasteiger partial charge in [0.15, 0.2) is 0 Å². The van der Waals surface area contributed by atoms with E-state index in [0.29, 0.717) is 25.5 Å². The molecule has 29 heavy (non-hydrogen) atoms. The van der Waals surface area contributed by atoms with E-state index in [0.717, 1.165) is 22.9 Å². The molecule has 2 heterocycles. The molecule has 3 rings (SSSR count). The van der Waals surface area contributed by atoms with Gasteiger partial charge in [0.1, 0.15) is 17.5 Å². The lowest BCUT2D eigenvalue weighted by Gasteiger charge is -2.17. The molecule has 1 unspecified atom stereocenters. The third kappa shape index (κ3) is 5.22. The molecule has 0 bridgehead atoms. The zero-order valence-corrected chi connectivity index (χ0v) is 17.4. The highest BCUT2D eigenvalue weighted by Crippen LogP contribution is 2.25. The van der Waals surface area contributed by atoms with Crippen LogP contribution in [0.2, 0.25) is 0 Å². The quantitative estimate of drug-likeness (QED) is 0.693. The molecule has 1 aliphatic rings. The predicted molar refractivity (Wildman–Crippen MR) is 114 cm³/mol. The van der Waals surface area contributed by atoms with E-state index < -0.39 is 0 Å². The second kappa shape index (κ2) is 8.89. The van der Waals surface area contributed by atoms with E-state index in [1.165, 1.54) is 0 Å². The van der Waals surface area contributed by atoms with E-state index in [4.69, 9.17) is 0 Å². The van der Waals surface area contributed by atoms with Crippen LogP contribution >= 0.6 is 0 Å². The molecule has 2 N–H and O–H groups in total. The lowest BCUT2D eigenvalue weighted by molar-refractivity contribution is -0.126. The smallest absolute Gasteiger partial charge is 0.227 e. The highest BCUT2D eigenvalue weighted by molar-refractivity contribution is 6.00. The summed E-state index contributed by atoms with van der Waals surface area (Å²) in [5.41, 5.74) is 1.98. The number of aryl methyl sites for hydroxylation is 2. The van der Waals surface area contributed by atoms with Gasteiger partial charge in [-0.25, -0.2) is 9.97 Å². The first-order valence-corrected chi connectivity index (χ1v) is 9.75. The van der Waals surface area contributed by atoms with Gasteiger partial charge < -0.3 is 20.4 Å². The molecule has 8 heteroatoms. The van der Waals surface area contributed by atoms with Crippen LogP contribution in [0.1, 0.15) is 17.8 Å². The van der Waals surface area contributed by atoms with Crippen LogP contribution in [0.25, 0.3) is 0 Å². The highest BCUT2D eigenvalue weighted by atomic mass is 16.2. The summed E-state index contributed by atoms with van der Waals surface area (Å²) in [6, 6.07) is 9.65. The fourth-order valence-corrected chi connectivity index (χ4v) is 3.25. The van der Waals surface area contributed by atoms with Crippen LogP contribution < -0.4 is 20.4 Å². The van der Waals surface area contributed by atoms with Gasteiger partial charge in [-0.3, -0.25) is 9.59 Å². The molecule has 0 spiro atoms. The molecule has 1 aliphatic heterocycles. The van der Waals surface area contributed by atoms with Gasteiger partial charge >= 0.3 is 0 Å². The minimum Gasteiger partial charge on any atom is -0.368 e. The first-order valence-electron chi connectivity index (χ1n) is 9.75. The summed E-state index contributed by atoms with van der Waals surface area (Å²) in [5, 5.41) is 6.12. The van der Waals surface area contributed by atoms with Crippen LogP contribution in [0, 0.1) is 19.8 Å². The topological polar surface area (TPSA) is 90.5 Å². The fourth-order valence-electron chi connectivity index (χ4n) is 3.25. The number of carbonyl (C=O) groups is 2. The molecular weight excluding hydrogens is 368 g/mol. The Kier molecular flexibility index (Phi) is 6.31. The van der Waals surface area contributed by atoms with Crippen molar-refractivity contribution in [3.63, 3.8) is 0 Å². The van der Waals surface area contributed by atoms with Crippen LogP contribution in [0.4, 0.5) is 17.3 Å². The maximum absolute atomic E-state index is 12.5. The Morgan fingerprint density at radius 2 is 1.90 bits per heavy atom. The Hall–Kier alpha value is -3.16. The second-order valence-electron chi connectivity index (χ2n) is 7.51. The summed E-state index contributed by atoms with van der Waals surface area (Å²) < 4.78 is 0. The second-order valence-corrected chi connectivity index (χ2v) is 7.51. The number of hydrogen-bond donors (Lipinski definition) is 2. The standard InChI is InChI=1S/C21H28N6O2/c1-14-5-7-17(8-6-14)27-13-16(11-20(27)28)21(29)23-10-9-22-18-12-19(26(3)4)25-15(2)24-18/h5-8,12,16H,9-11,13H2,1-4H3,(H,23,29)(H,22,24,25). The molecule has 0 aliphatic carbocycles. The highest BCUT2D eigenvalue weighted by Gasteiger charge is 2.34. The maximum atomic E-state index is 12.5. The molecule has 1 atom stereocenters. The molecule has 2 amide bonds. The number of nitrogens with one attached hydrogen (secondary N) is 2. The van der Waals surface area contributed by atoms with Crippen molar-refractivity contribution in [1.29, 1.82) is 0 Å². The number of carbonyl (C=O) groups excluding carboxylic acids is 2. The minimum absolute atomic E-state index is 0.0141. The molecule has 8 nitrogen and oxygen atoms in total. The Balaban J connectivity index is 1.48. The first kappa shape index (κ1) is 20.6. The summed E-state index contributed by atoms with van der Waals surface area (Å²) in [6.45, 7) is 5.26. The van der Waals surface area contributed by atoms with Crippen molar-refractivity contribution in [2.45, 2.75) is 20.3 Å². The summed E-state index contributed by atoms with van der Waals surface area (Å²) in [4.78, 5) is 37.1. The number of rotatable bonds is 7. The number of nitrogens with zero attached hydrogens (tertiary/aromatic N) is 4. The van der Waals surface area contributed by atoms with E-state index in [-0.39, 0.29) is 24.2 Å². The van der Waals surface area contributed by atoms with Crippen molar-refractivity contribution in [1.82, 2.24) is 15.3 Å². The van der Waals surface area contributed by atoms with E-state index >= 15 is 0 Å². The van der Waals surface area contributed by atoms with Crippen LogP contribution in [0.3, 0.4) is 0 Å². The SMILES string of the molecule is Cc1ccc(N2CC(C(=O)NCCNc3cc(N(C)C)nc(C)n3)CC2=O)cc1. The monoisotopic (exact) mass is 396 g/mol. The van der Waals surface area contributed by atoms with Crippen LogP contribution in [0.5, 0.6) is 0 Å². The zero-order valence-electron chi connectivity index (χ0n) is 17.4. The fraction of sp³-hybridized carbons (Fsp3) is 0.429. The van der Waals surface area contributed by atoms with Crippen LogP contribution in [-0.4, -0.2) is 55.5 Å². The minimum atomic E-state index is -0.328. The van der Waals surface area contributed by atoms with E-state index in [2.05, 4.69) is 20.6 Å². The molecule has 154 valence electrons. The summed E-state index contributed by atoms with van der Waals surface area (Å²) >= 11 is 0. The van der Waals surface area contributed by atoms with Crippen molar-refractivity contribution in [3.8, 4) is 0 Å². The predicted octanol–water partition coefficient (Wildman–Crippen LogP) is 1.74. The number of aromatic nitrogens is 2. The van der Waals surface area contributed by atoms with Gasteiger partial charge in [0.25, 0.3) is 0 Å². The Morgan fingerprint density at radius 1 is 1.17 bits per heavy atom. The molecule has 1 saturated heterocycles. The average Bonchev–Trinajstić information content (AvgIpc) is 3.07. The van der Waals surface area contributed by atoms with Gasteiger partial charge in [0, 0.05) is 51.9 Å². The number of anilines is 3. The van der Waals surface area contributed by atoms with Crippen LogP contribution in [0.15, 0.2) is 30.3 Å². The Bertz CT molecular complexity index is 881. The number of amides is 2. The van der Waals surface area contributed by atoms with Gasteiger partial charge in [0.2, 0.25) is 11.8 Å². The van der Waals surface area contributed by atoms with Gasteiger partial charge in [-0.05, 0) is 26.0 Å². The average molecular weight is 396 g/mol. The van der Waals surface area contributed by atoms with Crippen molar-refractivity contribution >= 4 is 29.1 Å². The Morgan fingerprint density at radius 3 is 2.59 bits per heavy atom. The number of benzene rings is 1.